The van der Waals surface area contributed by atoms with Crippen molar-refractivity contribution in [1.29, 1.82) is 0 Å². The molecule has 0 fully saturated rings. The van der Waals surface area contributed by atoms with Crippen LogP contribution in [0.1, 0.15) is 15.9 Å². The van der Waals surface area contributed by atoms with Gasteiger partial charge in [-0.05, 0) is 24.6 Å². The Balaban J connectivity index is 1.95. The van der Waals surface area contributed by atoms with Crippen molar-refractivity contribution in [3.63, 3.8) is 0 Å². The third kappa shape index (κ3) is 2.89. The van der Waals surface area contributed by atoms with Crippen molar-refractivity contribution >= 4 is 78.7 Å². The number of fused-ring (bicyclic) bond motifs is 1. The summed E-state index contributed by atoms with van der Waals surface area (Å²) >= 11 is 20.4. The second kappa shape index (κ2) is 5.74. The monoisotopic (exact) mass is 376 g/mol. The lowest BCUT2D eigenvalue weighted by Gasteiger charge is -1.98. The number of halogens is 3. The molecule has 1 amide bonds. The quantitative estimate of drug-likeness (QED) is 0.606. The molecule has 0 atom stereocenters. The van der Waals surface area contributed by atoms with Gasteiger partial charge in [0.2, 0.25) is 0 Å². The first-order chi connectivity index (χ1) is 9.95. The average Bonchev–Trinajstić information content (AvgIpc) is 2.98. The predicted molar refractivity (Wildman–Crippen MR) is 91.7 cm³/mol. The SMILES string of the molecule is Cc1ccc(Cl)c2sc(NC(=O)c3cc(Cl)sc3Cl)nc12. The molecule has 0 aliphatic heterocycles. The number of hydrogen-bond acceptors (Lipinski definition) is 4. The standard InChI is InChI=1S/C13H7Cl3N2OS2/c1-5-2-3-7(14)10-9(5)17-13(21-10)18-12(19)6-4-8(15)20-11(6)16/h2-4H,1H3,(H,17,18,19). The lowest BCUT2D eigenvalue weighted by molar-refractivity contribution is 0.102. The van der Waals surface area contributed by atoms with Crippen LogP contribution in [-0.4, -0.2) is 10.9 Å². The molecule has 108 valence electrons. The zero-order valence-electron chi connectivity index (χ0n) is 10.5. The van der Waals surface area contributed by atoms with E-state index in [0.717, 1.165) is 27.1 Å². The number of aromatic nitrogens is 1. The zero-order valence-corrected chi connectivity index (χ0v) is 14.4. The number of rotatable bonds is 2. The molecule has 0 bridgehead atoms. The van der Waals surface area contributed by atoms with E-state index in [2.05, 4.69) is 10.3 Å². The van der Waals surface area contributed by atoms with Crippen LogP contribution in [0, 0.1) is 6.92 Å². The van der Waals surface area contributed by atoms with Crippen LogP contribution in [0.4, 0.5) is 5.13 Å². The van der Waals surface area contributed by atoms with E-state index in [-0.39, 0.29) is 5.91 Å². The minimum absolute atomic E-state index is 0.337. The Morgan fingerprint density at radius 2 is 2.00 bits per heavy atom. The van der Waals surface area contributed by atoms with E-state index in [9.17, 15) is 4.79 Å². The molecular formula is C13H7Cl3N2OS2. The molecule has 0 saturated carbocycles. The van der Waals surface area contributed by atoms with Gasteiger partial charge in [0.05, 0.1) is 25.1 Å². The van der Waals surface area contributed by atoms with Crippen LogP contribution >= 0.6 is 57.5 Å². The average molecular weight is 378 g/mol. The predicted octanol–water partition coefficient (Wildman–Crippen LogP) is 5.88. The van der Waals surface area contributed by atoms with Crippen molar-refractivity contribution in [2.75, 3.05) is 5.32 Å². The first-order valence-electron chi connectivity index (χ1n) is 5.77. The zero-order chi connectivity index (χ0) is 15.1. The van der Waals surface area contributed by atoms with Crippen molar-refractivity contribution in [3.05, 3.63) is 43.0 Å². The van der Waals surface area contributed by atoms with E-state index in [4.69, 9.17) is 34.8 Å². The minimum atomic E-state index is -0.337. The molecule has 3 aromatic rings. The number of amides is 1. The van der Waals surface area contributed by atoms with Crippen molar-refractivity contribution in [2.24, 2.45) is 0 Å². The molecule has 2 aromatic heterocycles. The van der Waals surface area contributed by atoms with Gasteiger partial charge in [-0.3, -0.25) is 10.1 Å². The summed E-state index contributed by atoms with van der Waals surface area (Å²) in [4.78, 5) is 16.6. The Hall–Kier alpha value is -0.850. The van der Waals surface area contributed by atoms with E-state index >= 15 is 0 Å². The number of thiazole rings is 1. The smallest absolute Gasteiger partial charge is 0.259 e. The Labute approximate surface area is 143 Å². The summed E-state index contributed by atoms with van der Waals surface area (Å²) in [6, 6.07) is 5.25. The molecule has 21 heavy (non-hydrogen) atoms. The Kier molecular flexibility index (Phi) is 4.12. The van der Waals surface area contributed by atoms with E-state index < -0.39 is 0 Å². The number of anilines is 1. The fourth-order valence-corrected chi connectivity index (χ4v) is 4.48. The third-order valence-electron chi connectivity index (χ3n) is 2.82. The number of aryl methyl sites for hydroxylation is 1. The van der Waals surface area contributed by atoms with Gasteiger partial charge in [-0.25, -0.2) is 4.98 Å². The molecule has 0 saturated heterocycles. The summed E-state index contributed by atoms with van der Waals surface area (Å²) in [6.07, 6.45) is 0. The normalized spacial score (nSPS) is 11.0. The summed E-state index contributed by atoms with van der Waals surface area (Å²) < 4.78 is 1.67. The highest BCUT2D eigenvalue weighted by atomic mass is 35.5. The van der Waals surface area contributed by atoms with E-state index in [1.807, 2.05) is 19.1 Å². The molecule has 0 aliphatic rings. The van der Waals surface area contributed by atoms with Crippen LogP contribution in [-0.2, 0) is 0 Å². The minimum Gasteiger partial charge on any atom is -0.298 e. The number of carbonyl (C=O) groups excluding carboxylic acids is 1. The molecule has 1 N–H and O–H groups in total. The fraction of sp³-hybridized carbons (Fsp3) is 0.0769. The van der Waals surface area contributed by atoms with Crippen LogP contribution in [0.15, 0.2) is 18.2 Å². The third-order valence-corrected chi connectivity index (χ3v) is 5.74. The highest BCUT2D eigenvalue weighted by Gasteiger charge is 2.17. The summed E-state index contributed by atoms with van der Waals surface area (Å²) in [5, 5.41) is 3.82. The van der Waals surface area contributed by atoms with Gasteiger partial charge in [0.25, 0.3) is 5.91 Å². The van der Waals surface area contributed by atoms with Gasteiger partial charge in [0.1, 0.15) is 4.34 Å². The molecule has 0 unspecified atom stereocenters. The molecule has 2 heterocycles. The first-order valence-corrected chi connectivity index (χ1v) is 8.54. The Morgan fingerprint density at radius 1 is 1.24 bits per heavy atom. The van der Waals surface area contributed by atoms with Gasteiger partial charge in [-0.1, -0.05) is 52.2 Å². The van der Waals surface area contributed by atoms with Crippen LogP contribution in [0.5, 0.6) is 0 Å². The number of nitrogens with zero attached hydrogens (tertiary/aromatic N) is 1. The second-order valence-corrected chi connectivity index (χ2v) is 7.94. The van der Waals surface area contributed by atoms with Crippen LogP contribution in [0.25, 0.3) is 10.2 Å². The Bertz CT molecular complexity index is 818. The van der Waals surface area contributed by atoms with Gasteiger partial charge in [-0.15, -0.1) is 11.3 Å². The summed E-state index contributed by atoms with van der Waals surface area (Å²) in [7, 11) is 0. The van der Waals surface area contributed by atoms with Crippen LogP contribution in [0.2, 0.25) is 13.7 Å². The molecule has 0 aliphatic carbocycles. The van der Waals surface area contributed by atoms with Gasteiger partial charge in [0, 0.05) is 0 Å². The van der Waals surface area contributed by atoms with Crippen molar-refractivity contribution in [1.82, 2.24) is 4.98 Å². The molecule has 8 heteroatoms. The topological polar surface area (TPSA) is 42.0 Å². The second-order valence-electron chi connectivity index (χ2n) is 4.25. The van der Waals surface area contributed by atoms with Gasteiger partial charge >= 0.3 is 0 Å². The molecule has 0 radical (unpaired) electrons. The highest BCUT2D eigenvalue weighted by Crippen LogP contribution is 2.35. The number of hydrogen-bond donors (Lipinski definition) is 1. The fourth-order valence-electron chi connectivity index (χ4n) is 1.82. The molecule has 3 rings (SSSR count). The highest BCUT2D eigenvalue weighted by molar-refractivity contribution is 7.23. The van der Waals surface area contributed by atoms with Gasteiger partial charge in [-0.2, -0.15) is 0 Å². The number of carbonyl (C=O) groups is 1. The van der Waals surface area contributed by atoms with Crippen molar-refractivity contribution < 1.29 is 4.79 Å². The van der Waals surface area contributed by atoms with E-state index in [0.29, 0.717) is 24.4 Å². The lowest BCUT2D eigenvalue weighted by Crippen LogP contribution is -2.10. The van der Waals surface area contributed by atoms with Crippen LogP contribution < -0.4 is 5.32 Å². The number of nitrogens with one attached hydrogen (secondary N) is 1. The Morgan fingerprint density at radius 3 is 2.62 bits per heavy atom. The van der Waals surface area contributed by atoms with Crippen LogP contribution in [0.3, 0.4) is 0 Å². The maximum absolute atomic E-state index is 12.2. The largest absolute Gasteiger partial charge is 0.298 e. The lowest BCUT2D eigenvalue weighted by atomic mass is 10.2. The molecule has 1 aromatic carbocycles. The van der Waals surface area contributed by atoms with Gasteiger partial charge < -0.3 is 0 Å². The summed E-state index contributed by atoms with van der Waals surface area (Å²) in [5.74, 6) is -0.337. The van der Waals surface area contributed by atoms with E-state index in [1.54, 1.807) is 0 Å². The molecular weight excluding hydrogens is 371 g/mol. The summed E-state index contributed by atoms with van der Waals surface area (Å²) in [6.45, 7) is 1.94. The molecule has 0 spiro atoms. The number of benzene rings is 1. The molecule has 3 nitrogen and oxygen atoms in total. The number of thiophene rings is 1. The van der Waals surface area contributed by atoms with E-state index in [1.165, 1.54) is 17.4 Å². The first kappa shape index (κ1) is 15.1. The maximum atomic E-state index is 12.2. The maximum Gasteiger partial charge on any atom is 0.259 e. The van der Waals surface area contributed by atoms with Crippen molar-refractivity contribution in [2.45, 2.75) is 6.92 Å². The van der Waals surface area contributed by atoms with Crippen molar-refractivity contribution in [3.8, 4) is 0 Å². The summed E-state index contributed by atoms with van der Waals surface area (Å²) in [5.41, 5.74) is 2.13. The van der Waals surface area contributed by atoms with Gasteiger partial charge in [0.15, 0.2) is 5.13 Å².